The summed E-state index contributed by atoms with van der Waals surface area (Å²) in [6, 6.07) is 27.8. The molecule has 4 aromatic rings. The summed E-state index contributed by atoms with van der Waals surface area (Å²) in [5, 5.41) is 0. The monoisotopic (exact) mass is 722 g/mol. The van der Waals surface area contributed by atoms with E-state index >= 15 is 0 Å². The molecule has 11 nitrogen and oxygen atoms in total. The Kier molecular flexibility index (Phi) is 12.0. The first-order valence-electron chi connectivity index (χ1n) is 17.5. The van der Waals surface area contributed by atoms with Crippen molar-refractivity contribution in [3.8, 4) is 0 Å². The van der Waals surface area contributed by atoms with Crippen LogP contribution in [0.2, 0.25) is 0 Å². The van der Waals surface area contributed by atoms with Gasteiger partial charge in [0.2, 0.25) is 0 Å². The predicted molar refractivity (Wildman–Crippen MR) is 191 cm³/mol. The molecule has 6 rings (SSSR count). The molecule has 11 heteroatoms. The molecule has 0 amide bonds. The molecule has 2 heterocycles. The van der Waals surface area contributed by atoms with E-state index in [9.17, 15) is 19.2 Å². The maximum absolute atomic E-state index is 13.1. The van der Waals surface area contributed by atoms with Gasteiger partial charge in [-0.05, 0) is 76.2 Å². The Morgan fingerprint density at radius 3 is 1.06 bits per heavy atom. The van der Waals surface area contributed by atoms with Crippen LogP contribution in [0.3, 0.4) is 0 Å². The van der Waals surface area contributed by atoms with Crippen molar-refractivity contribution in [3.05, 3.63) is 142 Å². The van der Waals surface area contributed by atoms with Gasteiger partial charge in [0.15, 0.2) is 12.6 Å². The van der Waals surface area contributed by atoms with E-state index in [-0.39, 0.29) is 26.1 Å². The Hall–Kier alpha value is -5.36. The molecule has 4 aromatic carbocycles. The second kappa shape index (κ2) is 17.0. The van der Waals surface area contributed by atoms with Crippen molar-refractivity contribution in [3.63, 3.8) is 0 Å². The van der Waals surface area contributed by atoms with Gasteiger partial charge in [-0.15, -0.1) is 0 Å². The van der Waals surface area contributed by atoms with Crippen molar-refractivity contribution in [1.82, 2.24) is 0 Å². The predicted octanol–water partition coefficient (Wildman–Crippen LogP) is 6.63. The van der Waals surface area contributed by atoms with Gasteiger partial charge in [-0.2, -0.15) is 0 Å². The highest BCUT2D eigenvalue weighted by atomic mass is 16.8. The van der Waals surface area contributed by atoms with Gasteiger partial charge in [-0.3, -0.25) is 0 Å². The van der Waals surface area contributed by atoms with E-state index < -0.39 is 60.9 Å². The van der Waals surface area contributed by atoms with Gasteiger partial charge in [0.05, 0.1) is 22.3 Å². The smallest absolute Gasteiger partial charge is 0.338 e. The molecule has 0 spiro atoms. The fraction of sp³-hybridized carbons (Fsp3) is 0.333. The average Bonchev–Trinajstić information content (AvgIpc) is 3.72. The molecule has 2 fully saturated rings. The van der Waals surface area contributed by atoms with E-state index in [0.717, 1.165) is 22.3 Å². The fourth-order valence-electron chi connectivity index (χ4n) is 5.90. The quantitative estimate of drug-likeness (QED) is 0.115. The zero-order valence-electron chi connectivity index (χ0n) is 30.0. The second-order valence-corrected chi connectivity index (χ2v) is 13.4. The molecule has 0 aromatic heterocycles. The first-order valence-corrected chi connectivity index (χ1v) is 17.5. The number of carbonyl (C=O) groups is 4. The van der Waals surface area contributed by atoms with Crippen molar-refractivity contribution >= 4 is 23.9 Å². The van der Waals surface area contributed by atoms with Crippen molar-refractivity contribution in [2.45, 2.75) is 77.5 Å². The minimum Gasteiger partial charge on any atom is -0.459 e. The minimum absolute atomic E-state index is 0.102. The van der Waals surface area contributed by atoms with Crippen LogP contribution in [-0.4, -0.2) is 74.1 Å². The summed E-state index contributed by atoms with van der Waals surface area (Å²) >= 11 is 0. The van der Waals surface area contributed by atoms with Crippen molar-refractivity contribution < 1.29 is 52.3 Å². The van der Waals surface area contributed by atoms with Gasteiger partial charge < -0.3 is 33.2 Å². The molecular weight excluding hydrogens is 680 g/mol. The number of aryl methyl sites for hydroxylation is 4. The summed E-state index contributed by atoms with van der Waals surface area (Å²) in [4.78, 5) is 51.9. The average molecular weight is 723 g/mol. The summed E-state index contributed by atoms with van der Waals surface area (Å²) in [5.74, 6) is -2.24. The third-order valence-electron chi connectivity index (χ3n) is 9.06. The van der Waals surface area contributed by atoms with E-state index in [0.29, 0.717) is 22.3 Å². The van der Waals surface area contributed by atoms with Gasteiger partial charge in [0, 0.05) is 12.8 Å². The number of carbonyl (C=O) groups excluding carboxylic acids is 4. The summed E-state index contributed by atoms with van der Waals surface area (Å²) < 4.78 is 41.4. The standard InChI is InChI=1S/C42H42O11/c1-25-5-13-29(14-6-25)39(43)47-23-35-33(51-41(45)31-17-9-27(3)10-18-31)21-37(49-35)53-38-22-34(52-42(46)32-19-11-28(4)12-20-32)36(50-38)24-48-40(44)30-15-7-26(2)8-16-30/h5-20,33-38H,21-24H2,1-4H3/t33-,34-,35-,36+,37+,38-/m0/s1. The number of hydrogen-bond donors (Lipinski definition) is 0. The zero-order chi connectivity index (χ0) is 37.5. The van der Waals surface area contributed by atoms with Gasteiger partial charge in [0.25, 0.3) is 0 Å². The lowest BCUT2D eigenvalue weighted by molar-refractivity contribution is -0.237. The maximum atomic E-state index is 13.1. The molecule has 0 bridgehead atoms. The SMILES string of the molecule is Cc1ccc(C(=O)OC[C@@H]2O[C@H](O[C@H]3C[C@H](OC(=O)c4ccc(C)cc4)[C@@H](COC(=O)c4ccc(C)cc4)O3)C[C@@H]2OC(=O)c2ccc(C)cc2)cc1. The number of esters is 4. The van der Waals surface area contributed by atoms with Gasteiger partial charge >= 0.3 is 23.9 Å². The Morgan fingerprint density at radius 1 is 0.472 bits per heavy atom. The summed E-state index contributed by atoms with van der Waals surface area (Å²) in [7, 11) is 0. The normalized spacial score (nSPS) is 22.2. The van der Waals surface area contributed by atoms with Crippen LogP contribution >= 0.6 is 0 Å². The van der Waals surface area contributed by atoms with Crippen LogP contribution < -0.4 is 0 Å². The van der Waals surface area contributed by atoms with Gasteiger partial charge in [0.1, 0.15) is 37.6 Å². The fourth-order valence-corrected chi connectivity index (χ4v) is 5.90. The van der Waals surface area contributed by atoms with Gasteiger partial charge in [-0.1, -0.05) is 70.8 Å². The minimum atomic E-state index is -0.943. The molecular formula is C42H42O11. The molecule has 6 atom stereocenters. The zero-order valence-corrected chi connectivity index (χ0v) is 30.0. The van der Waals surface area contributed by atoms with Crippen LogP contribution in [-0.2, 0) is 33.2 Å². The van der Waals surface area contributed by atoms with Crippen molar-refractivity contribution in [2.75, 3.05) is 13.2 Å². The highest BCUT2D eigenvalue weighted by molar-refractivity contribution is 5.91. The lowest BCUT2D eigenvalue weighted by Crippen LogP contribution is -2.32. The van der Waals surface area contributed by atoms with Crippen LogP contribution in [0.1, 0.15) is 76.5 Å². The first-order chi connectivity index (χ1) is 25.5. The third-order valence-corrected chi connectivity index (χ3v) is 9.06. The molecule has 0 radical (unpaired) electrons. The van der Waals surface area contributed by atoms with Crippen LogP contribution in [0, 0.1) is 27.7 Å². The number of benzene rings is 4. The summed E-state index contributed by atoms with van der Waals surface area (Å²) in [6.45, 7) is 7.24. The maximum Gasteiger partial charge on any atom is 0.338 e. The number of rotatable bonds is 12. The molecule has 2 saturated heterocycles. The topological polar surface area (TPSA) is 133 Å². The lowest BCUT2D eigenvalue weighted by Gasteiger charge is -2.20. The Labute approximate surface area is 308 Å². The van der Waals surface area contributed by atoms with Crippen LogP contribution in [0.4, 0.5) is 0 Å². The molecule has 53 heavy (non-hydrogen) atoms. The van der Waals surface area contributed by atoms with E-state index in [1.807, 2.05) is 76.2 Å². The second-order valence-electron chi connectivity index (χ2n) is 13.4. The molecule has 0 unspecified atom stereocenters. The van der Waals surface area contributed by atoms with E-state index in [1.165, 1.54) is 0 Å². The van der Waals surface area contributed by atoms with Crippen molar-refractivity contribution in [2.24, 2.45) is 0 Å². The Balaban J connectivity index is 1.13. The highest BCUT2D eigenvalue weighted by Gasteiger charge is 2.45. The largest absolute Gasteiger partial charge is 0.459 e. The van der Waals surface area contributed by atoms with Gasteiger partial charge in [-0.25, -0.2) is 19.2 Å². The van der Waals surface area contributed by atoms with E-state index in [4.69, 9.17) is 33.2 Å². The molecule has 276 valence electrons. The molecule has 2 aliphatic heterocycles. The van der Waals surface area contributed by atoms with E-state index in [2.05, 4.69) is 0 Å². The molecule has 0 aliphatic carbocycles. The number of ether oxygens (including phenoxy) is 7. The van der Waals surface area contributed by atoms with Crippen LogP contribution in [0.5, 0.6) is 0 Å². The number of hydrogen-bond acceptors (Lipinski definition) is 11. The summed E-state index contributed by atoms with van der Waals surface area (Å²) in [6.07, 6.45) is -5.05. The van der Waals surface area contributed by atoms with E-state index in [1.54, 1.807) is 48.5 Å². The molecule has 0 saturated carbocycles. The molecule has 0 N–H and O–H groups in total. The van der Waals surface area contributed by atoms with Crippen LogP contribution in [0.25, 0.3) is 0 Å². The molecule has 2 aliphatic rings. The summed E-state index contributed by atoms with van der Waals surface area (Å²) in [5.41, 5.74) is 5.42. The first kappa shape index (κ1) is 37.4. The Morgan fingerprint density at radius 2 is 0.755 bits per heavy atom. The Bertz CT molecular complexity index is 1750. The van der Waals surface area contributed by atoms with Crippen LogP contribution in [0.15, 0.2) is 97.1 Å². The lowest BCUT2D eigenvalue weighted by atomic mass is 10.1. The highest BCUT2D eigenvalue weighted by Crippen LogP contribution is 2.32. The van der Waals surface area contributed by atoms with Crippen molar-refractivity contribution in [1.29, 1.82) is 0 Å². The third kappa shape index (κ3) is 9.95.